The Morgan fingerprint density at radius 1 is 0.409 bits per heavy atom. The molecule has 1 atom stereocenters. The summed E-state index contributed by atoms with van der Waals surface area (Å²) in [7, 11) is -3.27. The Balaban J connectivity index is 0.000000525. The van der Waals surface area contributed by atoms with Crippen LogP contribution in [-0.2, 0) is 50.2 Å². The van der Waals surface area contributed by atoms with Crippen LogP contribution in [0.15, 0.2) is 97.1 Å². The maximum absolute atomic E-state index is 11.7. The first-order chi connectivity index (χ1) is 54.4. The standard InChI is InChI=1S/C19H29N7O6S.C18H25N7O7S.C17H25N7O5S.C9H13NO2S.C2H4O2.C2H6/c1-3-33(31,32)20-8-9-25(2)18-22-17(21-15-6-4-14(5-7-15)16(29)30)23-19(24-18)26(10-12-27)11-13-28;1-3-33(31,32)20-4-6-25(2)18-23-16(19-5-7-26)22-17(24-18)21-13-9-11(14(27)28)8-12(10-13)15(29)30;1-3-30(28,29)19-7-9-24(2)17-22-15(18-8-10-25)21-16(23-17)20-13-6-4-5-12(11-13)14(26)27;1-3-13(11)12-10(2)9-7-5-4-6-8-9;1-2(3)4;1-2/h4-7,20,27-28H,3,8-13H2,1-2H3,(H,29,30)(H,21,22,23,24);8-10,20,26H,3-7H2,1-2H3,(H,27,28)(H,29,30)(H2,19,21,22,23,24);4-6,11,19,25H,3,7-10H2,1-2H3,(H,26,27)(H2,18,20,21,22,23);4-8H,3H2,1-2H3;1H3,(H,3,4);1-2H3. The molecule has 636 valence electrons. The molecule has 0 spiro atoms. The Labute approximate surface area is 668 Å². The number of likely N-dealkylation sites (N-methyl/N-ethyl adjacent to an activating group) is 3. The highest BCUT2D eigenvalue weighted by Gasteiger charge is 2.21. The van der Waals surface area contributed by atoms with Gasteiger partial charge in [0, 0.05) is 123 Å². The van der Waals surface area contributed by atoms with Gasteiger partial charge < -0.3 is 92.1 Å². The van der Waals surface area contributed by atoms with Crippen LogP contribution in [0.4, 0.5) is 76.3 Å². The molecule has 3 aromatic heterocycles. The minimum atomic E-state index is -3.37. The molecule has 48 heteroatoms. The molecule has 1 unspecified atom stereocenters. The lowest BCUT2D eigenvalue weighted by Gasteiger charge is -2.24. The summed E-state index contributed by atoms with van der Waals surface area (Å²) in [4.78, 5) is 98.8. The van der Waals surface area contributed by atoms with E-state index in [0.717, 1.165) is 18.7 Å². The van der Waals surface area contributed by atoms with Crippen LogP contribution in [0.2, 0.25) is 0 Å². The van der Waals surface area contributed by atoms with Crippen LogP contribution in [0.25, 0.3) is 0 Å². The van der Waals surface area contributed by atoms with Gasteiger partial charge >= 0.3 is 23.9 Å². The van der Waals surface area contributed by atoms with E-state index in [1.807, 2.05) is 51.1 Å². The number of aromatic carboxylic acids is 4. The fourth-order valence-corrected chi connectivity index (χ4v) is 10.5. The van der Waals surface area contributed by atoms with Gasteiger partial charge in [-0.1, -0.05) is 45.0 Å². The van der Waals surface area contributed by atoms with Crippen molar-refractivity contribution in [2.45, 2.75) is 48.5 Å². The van der Waals surface area contributed by atoms with Crippen LogP contribution < -0.4 is 65.4 Å². The maximum Gasteiger partial charge on any atom is 0.335 e. The highest BCUT2D eigenvalue weighted by molar-refractivity contribution is 7.89. The Kier molecular flexibility index (Phi) is 45.5. The molecule has 0 fully saturated rings. The van der Waals surface area contributed by atoms with Crippen molar-refractivity contribution in [2.75, 3.05) is 194 Å². The molecule has 0 saturated heterocycles. The number of rotatable bonds is 43. The number of carbonyl (C=O) groups is 5. The average Bonchev–Trinajstić information content (AvgIpc) is 0.825. The maximum atomic E-state index is 11.7. The number of benzene rings is 4. The number of aromatic nitrogens is 9. The van der Waals surface area contributed by atoms with E-state index in [1.165, 1.54) is 48.4 Å². The van der Waals surface area contributed by atoms with Gasteiger partial charge in [0.1, 0.15) is 0 Å². The fraction of sp³-hybridized carbons (Fsp3) is 0.433. The molecule has 0 radical (unpaired) electrons. The molecule has 0 aliphatic carbocycles. The predicted octanol–water partition coefficient (Wildman–Crippen LogP) is 2.22. The number of hydrogen-bond donors (Lipinski definition) is 17. The molecule has 17 N–H and O–H groups in total. The molecule has 4 aromatic carbocycles. The van der Waals surface area contributed by atoms with E-state index >= 15 is 0 Å². The number of carboxylic acid groups (broad SMARTS) is 5. The van der Waals surface area contributed by atoms with Crippen molar-refractivity contribution in [1.82, 2.24) is 59.0 Å². The largest absolute Gasteiger partial charge is 0.481 e. The van der Waals surface area contributed by atoms with Crippen molar-refractivity contribution in [3.8, 4) is 0 Å². The molecule has 0 aliphatic rings. The van der Waals surface area contributed by atoms with Gasteiger partial charge in [0.05, 0.1) is 71.6 Å². The number of hydrogen-bond acceptors (Lipinski definition) is 36. The molecule has 44 nitrogen and oxygen atoms in total. The van der Waals surface area contributed by atoms with Gasteiger partial charge in [-0.2, -0.15) is 49.1 Å². The molecule has 0 saturated carbocycles. The highest BCUT2D eigenvalue weighted by Crippen LogP contribution is 2.24. The monoisotopic (exact) mass is 1690 g/mol. The van der Waals surface area contributed by atoms with Crippen LogP contribution in [-0.4, -0.2) is 293 Å². The first-order valence-corrected chi connectivity index (χ1v) is 41.3. The molecule has 7 rings (SSSR count). The quantitative estimate of drug-likeness (QED) is 0.0244. The first kappa shape index (κ1) is 100. The first-order valence-electron chi connectivity index (χ1n) is 35.1. The SMILES string of the molecule is CC.CC(=O)O.CCS(=O)(=O)NCCN(C)c1nc(NCCO)nc(Nc2cc(C(=O)O)cc(C(=O)O)c2)n1.CCS(=O)(=O)NCCN(C)c1nc(NCCO)nc(Nc2cccc(C(=O)O)c2)n1.CCS(=O)(=O)NCCN(C)c1nc(Nc2ccc(C(=O)O)cc2)nc(N(CCO)CCO)n1.CCS(=O)ON(C)c1ccccc1. The third-order valence-corrected chi connectivity index (χ3v) is 19.2. The number of carboxylic acids is 5. The number of aliphatic hydroxyl groups excluding tert-OH is 4. The Morgan fingerprint density at radius 2 is 0.774 bits per heavy atom. The number of nitrogens with one attached hydrogen (secondary N) is 8. The lowest BCUT2D eigenvalue weighted by Crippen LogP contribution is -2.35. The summed E-state index contributed by atoms with van der Waals surface area (Å²) in [6, 6.07) is 25.2. The van der Waals surface area contributed by atoms with E-state index in [2.05, 4.69) is 85.6 Å². The zero-order valence-corrected chi connectivity index (χ0v) is 68.5. The second kappa shape index (κ2) is 52.4. The van der Waals surface area contributed by atoms with Gasteiger partial charge in [-0.3, -0.25) is 4.79 Å². The van der Waals surface area contributed by atoms with Gasteiger partial charge in [0.15, 0.2) is 11.1 Å². The second-order valence-electron chi connectivity index (χ2n) is 22.8. The van der Waals surface area contributed by atoms with Gasteiger partial charge in [0.25, 0.3) is 5.97 Å². The summed E-state index contributed by atoms with van der Waals surface area (Å²) >= 11 is -1.23. The van der Waals surface area contributed by atoms with Crippen molar-refractivity contribution < 1.29 is 104 Å². The molecule has 3 heterocycles. The predicted molar refractivity (Wildman–Crippen MR) is 435 cm³/mol. The smallest absolute Gasteiger partial charge is 0.335 e. The summed E-state index contributed by atoms with van der Waals surface area (Å²) in [5, 5.41) is 96.7. The normalized spacial score (nSPS) is 11.0. The van der Waals surface area contributed by atoms with Gasteiger partial charge in [-0.05, 0) is 93.6 Å². The molecule has 7 aromatic rings. The van der Waals surface area contributed by atoms with Crippen LogP contribution >= 0.6 is 0 Å². The van der Waals surface area contributed by atoms with Gasteiger partial charge in [-0.25, -0.2) is 67.9 Å². The molecular formula is C67H102N22O22S4. The number of para-hydroxylation sites is 1. The summed E-state index contributed by atoms with van der Waals surface area (Å²) in [5.41, 5.74) is 1.77. The van der Waals surface area contributed by atoms with Crippen LogP contribution in [0.3, 0.4) is 0 Å². The second-order valence-corrected chi connectivity index (χ2v) is 30.4. The minimum Gasteiger partial charge on any atom is -0.481 e. The summed E-state index contributed by atoms with van der Waals surface area (Å²) in [6.07, 6.45) is 0. The Hall–Kier alpha value is -11.1. The molecule has 115 heavy (non-hydrogen) atoms. The van der Waals surface area contributed by atoms with Gasteiger partial charge in [-0.15, -0.1) is 0 Å². The molecular weight excluding hydrogens is 1590 g/mol. The number of sulfonamides is 3. The number of hydroxylamine groups is 1. The third-order valence-electron chi connectivity index (χ3n) is 14.1. The van der Waals surface area contributed by atoms with E-state index in [1.54, 1.807) is 85.9 Å². The van der Waals surface area contributed by atoms with Crippen LogP contribution in [0, 0.1) is 0 Å². The fourth-order valence-electron chi connectivity index (χ4n) is 8.28. The van der Waals surface area contributed by atoms with E-state index in [-0.39, 0.29) is 184 Å². The summed E-state index contributed by atoms with van der Waals surface area (Å²) < 4.78 is 93.2. The lowest BCUT2D eigenvalue weighted by molar-refractivity contribution is -0.134. The lowest BCUT2D eigenvalue weighted by atomic mass is 10.1. The summed E-state index contributed by atoms with van der Waals surface area (Å²) in [6.45, 7) is 12.7. The number of aliphatic hydroxyl groups is 4. The minimum absolute atomic E-state index is 0.0127. The zero-order chi connectivity index (χ0) is 86.4. The third kappa shape index (κ3) is 39.5. The molecule has 0 amide bonds. The molecule has 0 aliphatic heterocycles. The van der Waals surface area contributed by atoms with Crippen molar-refractivity contribution in [1.29, 1.82) is 0 Å². The van der Waals surface area contributed by atoms with Crippen molar-refractivity contribution in [3.05, 3.63) is 119 Å². The Bertz CT molecular complexity index is 4520. The Morgan fingerprint density at radius 3 is 1.16 bits per heavy atom. The van der Waals surface area contributed by atoms with Crippen molar-refractivity contribution in [3.63, 3.8) is 0 Å². The van der Waals surface area contributed by atoms with Crippen LogP contribution in [0.1, 0.15) is 89.9 Å². The van der Waals surface area contributed by atoms with Gasteiger partial charge in [0.2, 0.25) is 83.6 Å². The van der Waals surface area contributed by atoms with E-state index in [9.17, 15) is 69.1 Å². The number of anilines is 13. The van der Waals surface area contributed by atoms with E-state index in [0.29, 0.717) is 23.7 Å². The zero-order valence-electron chi connectivity index (χ0n) is 65.2. The number of aliphatic carboxylic acids is 1. The molecule has 0 bridgehead atoms. The summed E-state index contributed by atoms with van der Waals surface area (Å²) in [5.74, 6) is -3.74. The highest BCUT2D eigenvalue weighted by atomic mass is 32.2. The van der Waals surface area contributed by atoms with Crippen molar-refractivity contribution >= 4 is 147 Å². The van der Waals surface area contributed by atoms with Crippen molar-refractivity contribution in [2.24, 2.45) is 0 Å². The number of nitrogens with zero attached hydrogens (tertiary/aromatic N) is 14. The van der Waals surface area contributed by atoms with Crippen LogP contribution in [0.5, 0.6) is 0 Å². The average molecular weight is 1700 g/mol. The topological polar surface area (TPSA) is 625 Å². The van der Waals surface area contributed by atoms with E-state index < -0.39 is 71.0 Å². The van der Waals surface area contributed by atoms with E-state index in [4.69, 9.17) is 34.6 Å².